The minimum atomic E-state index is -0.839. The van der Waals surface area contributed by atoms with Gasteiger partial charge in [0.15, 0.2) is 0 Å². The Bertz CT molecular complexity index is 386. The van der Waals surface area contributed by atoms with Crippen LogP contribution in [0.2, 0.25) is 0 Å². The van der Waals surface area contributed by atoms with Gasteiger partial charge in [-0.3, -0.25) is 9.59 Å². The Morgan fingerprint density at radius 1 is 1.56 bits per heavy atom. The lowest BCUT2D eigenvalue weighted by atomic mass is 10.1. The largest absolute Gasteiger partial charge is 0.481 e. The molecule has 88 valence electrons. The summed E-state index contributed by atoms with van der Waals surface area (Å²) in [6.07, 6.45) is 0.0731. The number of carboxylic acids is 1. The fraction of sp³-hybridized carbons (Fsp3) is 0.455. The monoisotopic (exact) mass is 241 g/mol. The topological polar surface area (TPSA) is 66.4 Å². The van der Waals surface area contributed by atoms with Crippen molar-refractivity contribution < 1.29 is 14.7 Å². The average Bonchev–Trinajstić information content (AvgIpc) is 2.60. The Labute approximate surface area is 98.3 Å². The Morgan fingerprint density at radius 3 is 2.75 bits per heavy atom. The van der Waals surface area contributed by atoms with Crippen molar-refractivity contribution in [3.8, 4) is 0 Å². The number of nitrogens with one attached hydrogen (secondary N) is 1. The molecule has 16 heavy (non-hydrogen) atoms. The molecular weight excluding hydrogens is 226 g/mol. The van der Waals surface area contributed by atoms with Gasteiger partial charge in [-0.05, 0) is 29.9 Å². The Morgan fingerprint density at radius 2 is 2.25 bits per heavy atom. The van der Waals surface area contributed by atoms with Gasteiger partial charge in [-0.2, -0.15) is 0 Å². The molecule has 0 aromatic carbocycles. The highest BCUT2D eigenvalue weighted by Gasteiger charge is 2.12. The lowest BCUT2D eigenvalue weighted by Crippen LogP contribution is -2.29. The van der Waals surface area contributed by atoms with Crippen LogP contribution in [0.3, 0.4) is 0 Å². The maximum absolute atomic E-state index is 11.7. The molecule has 5 heteroatoms. The van der Waals surface area contributed by atoms with E-state index in [0.29, 0.717) is 11.4 Å². The zero-order chi connectivity index (χ0) is 12.1. The van der Waals surface area contributed by atoms with Gasteiger partial charge in [0.25, 0.3) is 5.91 Å². The third kappa shape index (κ3) is 3.66. The molecule has 1 aromatic rings. The van der Waals surface area contributed by atoms with Crippen LogP contribution < -0.4 is 5.32 Å². The summed E-state index contributed by atoms with van der Waals surface area (Å²) >= 11 is 1.39. The number of thiophene rings is 1. The number of amides is 1. The third-order valence-electron chi connectivity index (χ3n) is 2.20. The first-order valence-corrected chi connectivity index (χ1v) is 5.92. The van der Waals surface area contributed by atoms with Crippen molar-refractivity contribution in [2.75, 3.05) is 6.54 Å². The van der Waals surface area contributed by atoms with Crippen LogP contribution in [-0.4, -0.2) is 23.5 Å². The molecular formula is C11H15NO3S. The highest BCUT2D eigenvalue weighted by Crippen LogP contribution is 2.15. The van der Waals surface area contributed by atoms with Crippen LogP contribution >= 0.6 is 11.3 Å². The molecule has 0 aliphatic heterocycles. The molecule has 4 nitrogen and oxygen atoms in total. The molecule has 2 N–H and O–H groups in total. The van der Waals surface area contributed by atoms with E-state index in [1.807, 2.05) is 18.4 Å². The summed E-state index contributed by atoms with van der Waals surface area (Å²) in [7, 11) is 0. The Hall–Kier alpha value is -1.36. The minimum Gasteiger partial charge on any atom is -0.481 e. The van der Waals surface area contributed by atoms with Crippen molar-refractivity contribution in [2.45, 2.75) is 20.3 Å². The van der Waals surface area contributed by atoms with Crippen molar-refractivity contribution in [1.82, 2.24) is 5.32 Å². The summed E-state index contributed by atoms with van der Waals surface area (Å²) < 4.78 is 0. The molecule has 0 spiro atoms. The molecule has 1 heterocycles. The van der Waals surface area contributed by atoms with Crippen molar-refractivity contribution in [2.24, 2.45) is 5.92 Å². The van der Waals surface area contributed by atoms with E-state index in [4.69, 9.17) is 5.11 Å². The Kier molecular flexibility index (Phi) is 4.49. The quantitative estimate of drug-likeness (QED) is 0.827. The zero-order valence-corrected chi connectivity index (χ0v) is 10.1. The van der Waals surface area contributed by atoms with Gasteiger partial charge in [-0.1, -0.05) is 6.92 Å². The number of carbonyl (C=O) groups is 2. The maximum Gasteiger partial charge on any atom is 0.303 e. The second-order valence-electron chi connectivity index (χ2n) is 3.85. The Balaban J connectivity index is 2.42. The van der Waals surface area contributed by atoms with E-state index in [2.05, 4.69) is 5.32 Å². The summed E-state index contributed by atoms with van der Waals surface area (Å²) in [5, 5.41) is 13.2. The van der Waals surface area contributed by atoms with Gasteiger partial charge in [0.2, 0.25) is 0 Å². The predicted octanol–water partition coefficient (Wildman–Crippen LogP) is 1.90. The van der Waals surface area contributed by atoms with Gasteiger partial charge >= 0.3 is 5.97 Å². The average molecular weight is 241 g/mol. The van der Waals surface area contributed by atoms with Crippen LogP contribution in [0, 0.1) is 12.8 Å². The van der Waals surface area contributed by atoms with Gasteiger partial charge in [0, 0.05) is 13.0 Å². The van der Waals surface area contributed by atoms with Crippen LogP contribution in [0.1, 0.15) is 28.6 Å². The summed E-state index contributed by atoms with van der Waals surface area (Å²) in [4.78, 5) is 22.8. The molecule has 1 rings (SSSR count). The number of hydrogen-bond donors (Lipinski definition) is 2. The van der Waals surface area contributed by atoms with Gasteiger partial charge in [-0.25, -0.2) is 0 Å². The van der Waals surface area contributed by atoms with E-state index in [1.165, 1.54) is 11.3 Å². The molecule has 0 aliphatic rings. The summed E-state index contributed by atoms with van der Waals surface area (Å²) in [5.41, 5.74) is 0.952. The number of hydrogen-bond acceptors (Lipinski definition) is 3. The van der Waals surface area contributed by atoms with Gasteiger partial charge in [0.05, 0.1) is 4.88 Å². The smallest absolute Gasteiger partial charge is 0.303 e. The number of carboxylic acid groups (broad SMARTS) is 1. The first-order valence-electron chi connectivity index (χ1n) is 5.04. The first kappa shape index (κ1) is 12.7. The van der Waals surface area contributed by atoms with Crippen LogP contribution in [0.25, 0.3) is 0 Å². The lowest BCUT2D eigenvalue weighted by Gasteiger charge is -2.09. The fourth-order valence-corrected chi connectivity index (χ4v) is 2.16. The van der Waals surface area contributed by atoms with E-state index >= 15 is 0 Å². The lowest BCUT2D eigenvalue weighted by molar-refractivity contribution is -0.137. The van der Waals surface area contributed by atoms with Crippen molar-refractivity contribution in [3.63, 3.8) is 0 Å². The van der Waals surface area contributed by atoms with Crippen LogP contribution in [-0.2, 0) is 4.79 Å². The fourth-order valence-electron chi connectivity index (χ4n) is 1.32. The van der Waals surface area contributed by atoms with Crippen molar-refractivity contribution in [1.29, 1.82) is 0 Å². The second kappa shape index (κ2) is 5.65. The molecule has 0 fully saturated rings. The number of aryl methyl sites for hydroxylation is 1. The van der Waals surface area contributed by atoms with E-state index in [9.17, 15) is 9.59 Å². The van der Waals surface area contributed by atoms with E-state index < -0.39 is 5.97 Å². The number of aliphatic carboxylic acids is 1. The van der Waals surface area contributed by atoms with Gasteiger partial charge in [0.1, 0.15) is 0 Å². The second-order valence-corrected chi connectivity index (χ2v) is 4.76. The predicted molar refractivity (Wildman–Crippen MR) is 62.8 cm³/mol. The molecule has 0 saturated heterocycles. The first-order chi connectivity index (χ1) is 7.50. The van der Waals surface area contributed by atoms with Gasteiger partial charge < -0.3 is 10.4 Å². The summed E-state index contributed by atoms with van der Waals surface area (Å²) in [5.74, 6) is -1.01. The number of rotatable bonds is 5. The SMILES string of the molecule is Cc1ccsc1C(=O)NCC(C)CC(=O)O. The normalized spacial score (nSPS) is 12.1. The molecule has 1 aromatic heterocycles. The summed E-state index contributed by atoms with van der Waals surface area (Å²) in [6, 6.07) is 1.89. The molecule has 0 aliphatic carbocycles. The summed E-state index contributed by atoms with van der Waals surface area (Å²) in [6.45, 7) is 4.07. The van der Waals surface area contributed by atoms with Crippen LogP contribution in [0.4, 0.5) is 0 Å². The standard InChI is InChI=1S/C11H15NO3S/c1-7(5-9(13)14)6-12-11(15)10-8(2)3-4-16-10/h3-4,7H,5-6H2,1-2H3,(H,12,15)(H,13,14). The molecule has 1 unspecified atom stereocenters. The molecule has 1 amide bonds. The molecule has 0 saturated carbocycles. The third-order valence-corrected chi connectivity index (χ3v) is 3.22. The maximum atomic E-state index is 11.7. The molecule has 0 bridgehead atoms. The zero-order valence-electron chi connectivity index (χ0n) is 9.32. The van der Waals surface area contributed by atoms with Crippen LogP contribution in [0.5, 0.6) is 0 Å². The van der Waals surface area contributed by atoms with E-state index in [1.54, 1.807) is 6.92 Å². The highest BCUT2D eigenvalue weighted by molar-refractivity contribution is 7.12. The van der Waals surface area contributed by atoms with Crippen molar-refractivity contribution >= 4 is 23.2 Å². The van der Waals surface area contributed by atoms with Gasteiger partial charge in [-0.15, -0.1) is 11.3 Å². The molecule has 1 atom stereocenters. The minimum absolute atomic E-state index is 0.0540. The highest BCUT2D eigenvalue weighted by atomic mass is 32.1. The molecule has 0 radical (unpaired) electrons. The van der Waals surface area contributed by atoms with E-state index in [-0.39, 0.29) is 18.2 Å². The van der Waals surface area contributed by atoms with E-state index in [0.717, 1.165) is 5.56 Å². The van der Waals surface area contributed by atoms with Crippen molar-refractivity contribution in [3.05, 3.63) is 21.9 Å². The number of carbonyl (C=O) groups excluding carboxylic acids is 1. The van der Waals surface area contributed by atoms with Crippen LogP contribution in [0.15, 0.2) is 11.4 Å².